The zero-order valence-corrected chi connectivity index (χ0v) is 14.8. The first kappa shape index (κ1) is 15.5. The Hall–Kier alpha value is -2.05. The summed E-state index contributed by atoms with van der Waals surface area (Å²) in [5, 5.41) is 0. The lowest BCUT2D eigenvalue weighted by Gasteiger charge is -2.37. The van der Waals surface area contributed by atoms with E-state index < -0.39 is 0 Å². The maximum absolute atomic E-state index is 4.67. The minimum atomic E-state index is 0.602. The number of nitrogens with zero attached hydrogens (tertiary/aromatic N) is 5. The van der Waals surface area contributed by atoms with Crippen molar-refractivity contribution in [2.75, 3.05) is 31.1 Å². The summed E-state index contributed by atoms with van der Waals surface area (Å²) >= 11 is 1.51. The molecule has 0 N–H and O–H groups in total. The molecule has 0 bridgehead atoms. The summed E-state index contributed by atoms with van der Waals surface area (Å²) in [5.41, 5.74) is 3.03. The van der Waals surface area contributed by atoms with Gasteiger partial charge in [0.15, 0.2) is 5.82 Å². The number of aromatic nitrogens is 3. The van der Waals surface area contributed by atoms with Crippen molar-refractivity contribution in [1.82, 2.24) is 19.2 Å². The molecular weight excluding hydrogens is 318 g/mol. The van der Waals surface area contributed by atoms with E-state index in [4.69, 9.17) is 0 Å². The third kappa shape index (κ3) is 2.76. The van der Waals surface area contributed by atoms with Gasteiger partial charge >= 0.3 is 0 Å². The van der Waals surface area contributed by atoms with Crippen molar-refractivity contribution in [3.05, 3.63) is 36.7 Å². The third-order valence-corrected chi connectivity index (χ3v) is 5.46. The van der Waals surface area contributed by atoms with Crippen LogP contribution < -0.4 is 4.90 Å². The molecule has 4 rings (SSSR count). The molecule has 0 spiro atoms. The van der Waals surface area contributed by atoms with E-state index in [0.29, 0.717) is 6.04 Å². The minimum absolute atomic E-state index is 0.602. The lowest BCUT2D eigenvalue weighted by Crippen LogP contribution is -2.49. The minimum Gasteiger partial charge on any atom is -0.353 e. The molecule has 0 saturated carbocycles. The van der Waals surface area contributed by atoms with Gasteiger partial charge in [0.1, 0.15) is 22.2 Å². The quantitative estimate of drug-likeness (QED) is 0.733. The van der Waals surface area contributed by atoms with Crippen LogP contribution in [-0.2, 0) is 0 Å². The summed E-state index contributed by atoms with van der Waals surface area (Å²) in [6.07, 6.45) is 1.67. The van der Waals surface area contributed by atoms with Crippen LogP contribution in [0.4, 0.5) is 5.82 Å². The number of hydrogen-bond donors (Lipinski definition) is 0. The number of anilines is 1. The van der Waals surface area contributed by atoms with E-state index in [1.54, 1.807) is 6.33 Å². The molecule has 1 saturated heterocycles. The van der Waals surface area contributed by atoms with Crippen LogP contribution in [0.25, 0.3) is 21.5 Å². The van der Waals surface area contributed by atoms with E-state index in [1.807, 2.05) is 18.2 Å². The Kier molecular flexibility index (Phi) is 4.16. The Morgan fingerprint density at radius 2 is 1.75 bits per heavy atom. The van der Waals surface area contributed by atoms with Crippen molar-refractivity contribution < 1.29 is 0 Å². The van der Waals surface area contributed by atoms with E-state index in [-0.39, 0.29) is 0 Å². The number of rotatable bonds is 3. The summed E-state index contributed by atoms with van der Waals surface area (Å²) in [7, 11) is 0. The van der Waals surface area contributed by atoms with Crippen molar-refractivity contribution in [3.8, 4) is 11.3 Å². The van der Waals surface area contributed by atoms with Crippen LogP contribution in [0.15, 0.2) is 36.7 Å². The van der Waals surface area contributed by atoms with Crippen LogP contribution >= 0.6 is 11.5 Å². The fourth-order valence-corrected chi connectivity index (χ4v) is 4.09. The molecule has 0 atom stereocenters. The predicted molar refractivity (Wildman–Crippen MR) is 99.6 cm³/mol. The lowest BCUT2D eigenvalue weighted by molar-refractivity contribution is 0.209. The Bertz CT molecular complexity index is 822. The Morgan fingerprint density at radius 1 is 1.00 bits per heavy atom. The highest BCUT2D eigenvalue weighted by Gasteiger charge is 2.23. The van der Waals surface area contributed by atoms with E-state index >= 15 is 0 Å². The molecule has 5 nitrogen and oxygen atoms in total. The number of piperazine rings is 1. The Labute approximate surface area is 146 Å². The van der Waals surface area contributed by atoms with Gasteiger partial charge in [-0.25, -0.2) is 9.97 Å². The Morgan fingerprint density at radius 3 is 2.46 bits per heavy atom. The van der Waals surface area contributed by atoms with Gasteiger partial charge in [-0.2, -0.15) is 4.37 Å². The first-order valence-corrected chi connectivity index (χ1v) is 9.16. The molecule has 3 heterocycles. The molecule has 0 unspecified atom stereocenters. The molecule has 0 amide bonds. The molecule has 0 radical (unpaired) electrons. The average Bonchev–Trinajstić information content (AvgIpc) is 3.06. The van der Waals surface area contributed by atoms with Crippen LogP contribution in [0, 0.1) is 0 Å². The summed E-state index contributed by atoms with van der Waals surface area (Å²) in [6.45, 7) is 8.68. The standard InChI is InChI=1S/C18H21N5S/c1-13(2)22-8-10-23(11-9-22)18-17-16(19-12-20-18)15(21-24-17)14-6-4-3-5-7-14/h3-7,12-13H,8-11H2,1-2H3. The molecule has 3 aromatic rings. The maximum atomic E-state index is 4.67. The van der Waals surface area contributed by atoms with Crippen LogP contribution in [0.3, 0.4) is 0 Å². The molecule has 24 heavy (non-hydrogen) atoms. The highest BCUT2D eigenvalue weighted by Crippen LogP contribution is 2.34. The molecule has 1 aliphatic rings. The van der Waals surface area contributed by atoms with E-state index in [1.165, 1.54) is 11.5 Å². The molecule has 6 heteroatoms. The van der Waals surface area contributed by atoms with Crippen LogP contribution in [-0.4, -0.2) is 51.5 Å². The third-order valence-electron chi connectivity index (χ3n) is 4.63. The summed E-state index contributed by atoms with van der Waals surface area (Å²) in [6, 6.07) is 10.9. The number of fused-ring (bicyclic) bond motifs is 1. The summed E-state index contributed by atoms with van der Waals surface area (Å²) in [4.78, 5) is 14.0. The first-order chi connectivity index (χ1) is 11.7. The van der Waals surface area contributed by atoms with Crippen molar-refractivity contribution in [2.24, 2.45) is 0 Å². The molecule has 1 aromatic carbocycles. The van der Waals surface area contributed by atoms with Gasteiger partial charge < -0.3 is 4.90 Å². The van der Waals surface area contributed by atoms with Gasteiger partial charge in [-0.1, -0.05) is 30.3 Å². The van der Waals surface area contributed by atoms with E-state index in [9.17, 15) is 0 Å². The lowest BCUT2D eigenvalue weighted by atomic mass is 10.1. The number of benzene rings is 1. The molecule has 2 aromatic heterocycles. The second-order valence-electron chi connectivity index (χ2n) is 6.39. The highest BCUT2D eigenvalue weighted by atomic mass is 32.1. The first-order valence-electron chi connectivity index (χ1n) is 8.39. The van der Waals surface area contributed by atoms with Crippen molar-refractivity contribution in [1.29, 1.82) is 0 Å². The molecule has 1 fully saturated rings. The van der Waals surface area contributed by atoms with E-state index in [0.717, 1.165) is 53.5 Å². The van der Waals surface area contributed by atoms with Gasteiger partial charge in [-0.05, 0) is 25.4 Å². The second-order valence-corrected chi connectivity index (χ2v) is 7.16. The molecule has 1 aliphatic heterocycles. The van der Waals surface area contributed by atoms with Gasteiger partial charge in [-0.15, -0.1) is 0 Å². The molecular formula is C18H21N5S. The monoisotopic (exact) mass is 339 g/mol. The molecule has 124 valence electrons. The van der Waals surface area contributed by atoms with Gasteiger partial charge in [0.2, 0.25) is 0 Å². The van der Waals surface area contributed by atoms with Crippen LogP contribution in [0.1, 0.15) is 13.8 Å². The SMILES string of the molecule is CC(C)N1CCN(c2ncnc3c(-c4ccccc4)nsc23)CC1. The van der Waals surface area contributed by atoms with Gasteiger partial charge in [0.25, 0.3) is 0 Å². The van der Waals surface area contributed by atoms with Crippen molar-refractivity contribution >= 4 is 27.6 Å². The van der Waals surface area contributed by atoms with Crippen molar-refractivity contribution in [3.63, 3.8) is 0 Å². The van der Waals surface area contributed by atoms with Crippen molar-refractivity contribution in [2.45, 2.75) is 19.9 Å². The fourth-order valence-electron chi connectivity index (χ4n) is 3.21. The normalized spacial score (nSPS) is 16.2. The second kappa shape index (κ2) is 6.45. The molecule has 0 aliphatic carbocycles. The van der Waals surface area contributed by atoms with Crippen LogP contribution in [0.5, 0.6) is 0 Å². The summed E-state index contributed by atoms with van der Waals surface area (Å²) in [5.74, 6) is 1.03. The Balaban J connectivity index is 1.67. The van der Waals surface area contributed by atoms with Gasteiger partial charge in [-0.3, -0.25) is 4.90 Å². The fraction of sp³-hybridized carbons (Fsp3) is 0.389. The van der Waals surface area contributed by atoms with Gasteiger partial charge in [0.05, 0.1) is 0 Å². The topological polar surface area (TPSA) is 45.2 Å². The number of hydrogen-bond acceptors (Lipinski definition) is 6. The predicted octanol–water partition coefficient (Wildman–Crippen LogP) is 3.28. The highest BCUT2D eigenvalue weighted by molar-refractivity contribution is 7.14. The zero-order valence-electron chi connectivity index (χ0n) is 14.0. The van der Waals surface area contributed by atoms with Crippen LogP contribution in [0.2, 0.25) is 0 Å². The summed E-state index contributed by atoms with van der Waals surface area (Å²) < 4.78 is 5.76. The largest absolute Gasteiger partial charge is 0.353 e. The average molecular weight is 339 g/mol. The van der Waals surface area contributed by atoms with Gasteiger partial charge in [0, 0.05) is 37.8 Å². The zero-order chi connectivity index (χ0) is 16.5. The smallest absolute Gasteiger partial charge is 0.151 e. The maximum Gasteiger partial charge on any atom is 0.151 e. The van der Waals surface area contributed by atoms with E-state index in [2.05, 4.69) is 50.1 Å².